The fourth-order valence-corrected chi connectivity index (χ4v) is 2.47. The summed E-state index contributed by atoms with van der Waals surface area (Å²) in [4.78, 5) is -0.475. The summed E-state index contributed by atoms with van der Waals surface area (Å²) in [5, 5.41) is 0. The molecule has 0 saturated carbocycles. The van der Waals surface area contributed by atoms with Gasteiger partial charge in [0, 0.05) is 0 Å². The zero-order chi connectivity index (χ0) is 14.2. The van der Waals surface area contributed by atoms with Crippen LogP contribution in [-0.4, -0.2) is 0 Å². The highest BCUT2D eigenvalue weighted by Crippen LogP contribution is 2.37. The van der Waals surface area contributed by atoms with Gasteiger partial charge in [0.15, 0.2) is 0 Å². The Morgan fingerprint density at radius 1 is 0.684 bits per heavy atom. The van der Waals surface area contributed by atoms with E-state index in [0.717, 1.165) is 11.1 Å². The average molecular weight is 273 g/mol. The summed E-state index contributed by atoms with van der Waals surface area (Å²) in [6, 6.07) is 12.9. The van der Waals surface area contributed by atoms with Gasteiger partial charge in [-0.25, -0.2) is 0 Å². The second kappa shape index (κ2) is 5.02. The van der Waals surface area contributed by atoms with Gasteiger partial charge in [-0.2, -0.15) is 0 Å². The number of alkyl halides is 1. The predicted molar refractivity (Wildman–Crippen MR) is 84.1 cm³/mol. The summed E-state index contributed by atoms with van der Waals surface area (Å²) in [6.45, 7) is 10.6. The molecule has 0 saturated heterocycles. The number of rotatable bonds is 2. The third-order valence-electron chi connectivity index (χ3n) is 4.10. The SMILES string of the molecule is Cc1ccc(C(C)(Cl)c2ccc(C)c(C)c2)cc1C. The molecule has 2 aromatic rings. The summed E-state index contributed by atoms with van der Waals surface area (Å²) in [5.74, 6) is 0. The van der Waals surface area contributed by atoms with Crippen LogP contribution < -0.4 is 0 Å². The van der Waals surface area contributed by atoms with Crippen molar-refractivity contribution in [2.75, 3.05) is 0 Å². The average Bonchev–Trinajstić information content (AvgIpc) is 2.35. The lowest BCUT2D eigenvalue weighted by Crippen LogP contribution is -2.16. The van der Waals surface area contributed by atoms with Crippen molar-refractivity contribution in [1.29, 1.82) is 0 Å². The van der Waals surface area contributed by atoms with Gasteiger partial charge >= 0.3 is 0 Å². The molecule has 0 heterocycles. The number of benzene rings is 2. The number of hydrogen-bond donors (Lipinski definition) is 0. The van der Waals surface area contributed by atoms with Crippen LogP contribution in [0.4, 0.5) is 0 Å². The zero-order valence-electron chi connectivity index (χ0n) is 12.3. The Labute approximate surface area is 121 Å². The van der Waals surface area contributed by atoms with E-state index in [1.807, 2.05) is 0 Å². The fourth-order valence-electron chi connectivity index (χ4n) is 2.23. The molecule has 2 rings (SSSR count). The van der Waals surface area contributed by atoms with E-state index in [9.17, 15) is 0 Å². The maximum absolute atomic E-state index is 6.84. The quantitative estimate of drug-likeness (QED) is 0.640. The molecular weight excluding hydrogens is 252 g/mol. The van der Waals surface area contributed by atoms with Gasteiger partial charge in [0.2, 0.25) is 0 Å². The summed E-state index contributed by atoms with van der Waals surface area (Å²) in [7, 11) is 0. The maximum Gasteiger partial charge on any atom is 0.0916 e. The van der Waals surface area contributed by atoms with Crippen molar-refractivity contribution in [3.8, 4) is 0 Å². The molecule has 0 amide bonds. The molecule has 0 atom stereocenters. The van der Waals surface area contributed by atoms with E-state index in [2.05, 4.69) is 71.0 Å². The molecule has 0 fully saturated rings. The van der Waals surface area contributed by atoms with Crippen molar-refractivity contribution in [1.82, 2.24) is 0 Å². The lowest BCUT2D eigenvalue weighted by atomic mass is 9.88. The monoisotopic (exact) mass is 272 g/mol. The molecule has 0 aliphatic heterocycles. The first-order valence-corrected chi connectivity index (χ1v) is 7.04. The summed E-state index contributed by atoms with van der Waals surface area (Å²) >= 11 is 6.84. The number of aryl methyl sites for hydroxylation is 4. The topological polar surface area (TPSA) is 0 Å². The Bertz CT molecular complexity index is 556. The van der Waals surface area contributed by atoms with Gasteiger partial charge in [-0.1, -0.05) is 36.4 Å². The van der Waals surface area contributed by atoms with Gasteiger partial charge in [0.25, 0.3) is 0 Å². The Morgan fingerprint density at radius 2 is 1.05 bits per heavy atom. The highest BCUT2D eigenvalue weighted by atomic mass is 35.5. The molecule has 0 spiro atoms. The van der Waals surface area contributed by atoms with Crippen molar-refractivity contribution < 1.29 is 0 Å². The Balaban J connectivity index is 2.51. The van der Waals surface area contributed by atoms with E-state index >= 15 is 0 Å². The van der Waals surface area contributed by atoms with Gasteiger partial charge in [0.1, 0.15) is 0 Å². The van der Waals surface area contributed by atoms with Gasteiger partial charge in [-0.3, -0.25) is 0 Å². The first-order valence-electron chi connectivity index (χ1n) is 6.67. The van der Waals surface area contributed by atoms with Crippen LogP contribution in [0.1, 0.15) is 40.3 Å². The first-order chi connectivity index (χ1) is 8.82. The minimum Gasteiger partial charge on any atom is -0.109 e. The van der Waals surface area contributed by atoms with E-state index in [-0.39, 0.29) is 0 Å². The normalized spacial score (nSPS) is 11.7. The number of halogens is 1. The Kier molecular flexibility index (Phi) is 3.73. The zero-order valence-corrected chi connectivity index (χ0v) is 13.1. The highest BCUT2D eigenvalue weighted by Gasteiger charge is 2.26. The molecule has 19 heavy (non-hydrogen) atoms. The van der Waals surface area contributed by atoms with Gasteiger partial charge in [0.05, 0.1) is 4.87 Å². The maximum atomic E-state index is 6.84. The third-order valence-corrected chi connectivity index (χ3v) is 4.53. The van der Waals surface area contributed by atoms with E-state index in [1.165, 1.54) is 22.3 Å². The fraction of sp³-hybridized carbons (Fsp3) is 0.333. The second-order valence-corrected chi connectivity index (χ2v) is 6.36. The molecule has 0 bridgehead atoms. The molecule has 0 N–H and O–H groups in total. The standard InChI is InChI=1S/C18H21Cl/c1-12-6-8-16(10-14(12)3)18(5,19)17-9-7-13(2)15(4)11-17/h6-11H,1-5H3. The van der Waals surface area contributed by atoms with E-state index in [0.29, 0.717) is 0 Å². The van der Waals surface area contributed by atoms with Crippen LogP contribution >= 0.6 is 11.6 Å². The third kappa shape index (κ3) is 2.69. The summed E-state index contributed by atoms with van der Waals surface area (Å²) in [6.07, 6.45) is 0. The summed E-state index contributed by atoms with van der Waals surface area (Å²) in [5.41, 5.74) is 7.48. The van der Waals surface area contributed by atoms with Crippen LogP contribution in [0, 0.1) is 27.7 Å². The molecule has 100 valence electrons. The van der Waals surface area contributed by atoms with Gasteiger partial charge in [-0.05, 0) is 68.0 Å². The molecule has 2 aromatic carbocycles. The van der Waals surface area contributed by atoms with Gasteiger partial charge < -0.3 is 0 Å². The van der Waals surface area contributed by atoms with Crippen LogP contribution in [-0.2, 0) is 4.87 Å². The van der Waals surface area contributed by atoms with Crippen LogP contribution in [0.3, 0.4) is 0 Å². The second-order valence-electron chi connectivity index (χ2n) is 5.60. The van der Waals surface area contributed by atoms with Crippen molar-refractivity contribution in [2.45, 2.75) is 39.5 Å². The highest BCUT2D eigenvalue weighted by molar-refractivity contribution is 6.25. The van der Waals surface area contributed by atoms with Crippen molar-refractivity contribution in [2.24, 2.45) is 0 Å². The molecule has 0 aromatic heterocycles. The molecule has 0 aliphatic rings. The molecule has 0 nitrogen and oxygen atoms in total. The minimum absolute atomic E-state index is 0.475. The van der Waals surface area contributed by atoms with Crippen LogP contribution in [0.2, 0.25) is 0 Å². The summed E-state index contributed by atoms with van der Waals surface area (Å²) < 4.78 is 0. The van der Waals surface area contributed by atoms with Crippen LogP contribution in [0.25, 0.3) is 0 Å². The van der Waals surface area contributed by atoms with Gasteiger partial charge in [-0.15, -0.1) is 11.6 Å². The lowest BCUT2D eigenvalue weighted by molar-refractivity contribution is 0.818. The Hall–Kier alpha value is -1.27. The molecule has 0 radical (unpaired) electrons. The van der Waals surface area contributed by atoms with E-state index in [4.69, 9.17) is 11.6 Å². The number of hydrogen-bond acceptors (Lipinski definition) is 0. The van der Waals surface area contributed by atoms with Crippen LogP contribution in [0.5, 0.6) is 0 Å². The smallest absolute Gasteiger partial charge is 0.0916 e. The van der Waals surface area contributed by atoms with E-state index < -0.39 is 4.87 Å². The largest absolute Gasteiger partial charge is 0.109 e. The first kappa shape index (κ1) is 14.1. The lowest BCUT2D eigenvalue weighted by Gasteiger charge is -2.25. The molecule has 0 unspecified atom stereocenters. The van der Waals surface area contributed by atoms with Crippen molar-refractivity contribution in [3.63, 3.8) is 0 Å². The molecule has 1 heteroatoms. The van der Waals surface area contributed by atoms with Crippen molar-refractivity contribution >= 4 is 11.6 Å². The van der Waals surface area contributed by atoms with E-state index in [1.54, 1.807) is 0 Å². The Morgan fingerprint density at radius 3 is 1.37 bits per heavy atom. The molecular formula is C18H21Cl. The predicted octanol–water partition coefficient (Wildman–Crippen LogP) is 5.42. The molecule has 0 aliphatic carbocycles. The van der Waals surface area contributed by atoms with Crippen LogP contribution in [0.15, 0.2) is 36.4 Å². The van der Waals surface area contributed by atoms with Crippen molar-refractivity contribution in [3.05, 3.63) is 69.8 Å². The minimum atomic E-state index is -0.475.